The first kappa shape index (κ1) is 17.7. The molecule has 3 rings (SSSR count). The van der Waals surface area contributed by atoms with E-state index in [0.29, 0.717) is 18.0 Å². The number of carboxylic acid groups (broad SMARTS) is 1. The minimum Gasteiger partial charge on any atom is -0.493 e. The minimum atomic E-state index is -0.807. The quantitative estimate of drug-likeness (QED) is 0.852. The number of carboxylic acids is 1. The number of aromatic nitrogens is 1. The van der Waals surface area contributed by atoms with E-state index in [1.807, 2.05) is 25.3 Å². The highest BCUT2D eigenvalue weighted by Crippen LogP contribution is 2.40. The van der Waals surface area contributed by atoms with E-state index >= 15 is 0 Å². The van der Waals surface area contributed by atoms with Gasteiger partial charge >= 0.3 is 5.97 Å². The van der Waals surface area contributed by atoms with E-state index in [2.05, 4.69) is 9.88 Å². The Hall–Kier alpha value is -2.12. The van der Waals surface area contributed by atoms with Gasteiger partial charge in [0.15, 0.2) is 11.5 Å². The van der Waals surface area contributed by atoms with Crippen LogP contribution in [0.15, 0.2) is 18.3 Å². The molecule has 1 aromatic carbocycles. The summed E-state index contributed by atoms with van der Waals surface area (Å²) in [6, 6.07) is 3.70. The van der Waals surface area contributed by atoms with Crippen LogP contribution in [0.3, 0.4) is 0 Å². The number of methoxy groups -OCH3 is 2. The zero-order chi connectivity index (χ0) is 18.0. The van der Waals surface area contributed by atoms with Crippen LogP contribution >= 0.6 is 11.3 Å². The molecule has 1 aliphatic heterocycles. The van der Waals surface area contributed by atoms with Crippen molar-refractivity contribution >= 4 is 17.3 Å². The first-order valence-electron chi connectivity index (χ1n) is 8.13. The number of fused-ring (bicyclic) bond motifs is 1. The lowest BCUT2D eigenvalue weighted by molar-refractivity contribution is -0.138. The third-order valence-electron chi connectivity index (χ3n) is 4.51. The third kappa shape index (κ3) is 3.77. The van der Waals surface area contributed by atoms with Gasteiger partial charge in [-0.15, -0.1) is 11.3 Å². The maximum absolute atomic E-state index is 11.5. The third-order valence-corrected chi connectivity index (χ3v) is 5.41. The first-order valence-corrected chi connectivity index (χ1v) is 8.95. The van der Waals surface area contributed by atoms with Gasteiger partial charge in [-0.25, -0.2) is 4.98 Å². The molecule has 0 saturated carbocycles. The van der Waals surface area contributed by atoms with Gasteiger partial charge in [-0.2, -0.15) is 0 Å². The lowest BCUT2D eigenvalue weighted by atomic mass is 9.90. The number of hydrogen-bond donors (Lipinski definition) is 1. The molecule has 134 valence electrons. The maximum Gasteiger partial charge on any atom is 0.305 e. The number of aliphatic carboxylic acids is 1. The largest absolute Gasteiger partial charge is 0.493 e. The van der Waals surface area contributed by atoms with E-state index in [0.717, 1.165) is 34.0 Å². The number of ether oxygens (including phenoxy) is 2. The van der Waals surface area contributed by atoms with E-state index in [1.54, 1.807) is 25.6 Å². The normalized spacial score (nSPS) is 17.2. The average molecular weight is 362 g/mol. The molecule has 2 heterocycles. The number of nitrogens with zero attached hydrogens (tertiary/aromatic N) is 2. The fourth-order valence-electron chi connectivity index (χ4n) is 3.35. The van der Waals surface area contributed by atoms with Gasteiger partial charge in [-0.05, 0) is 36.6 Å². The summed E-state index contributed by atoms with van der Waals surface area (Å²) in [5.74, 6) is 0.507. The van der Waals surface area contributed by atoms with Crippen LogP contribution in [0, 0.1) is 6.92 Å². The van der Waals surface area contributed by atoms with E-state index in [-0.39, 0.29) is 12.5 Å². The van der Waals surface area contributed by atoms with Crippen LogP contribution in [0.5, 0.6) is 11.5 Å². The molecule has 0 bridgehead atoms. The van der Waals surface area contributed by atoms with Gasteiger partial charge in [-0.3, -0.25) is 9.69 Å². The molecule has 1 unspecified atom stereocenters. The Labute approximate surface area is 151 Å². The highest BCUT2D eigenvalue weighted by atomic mass is 32.1. The van der Waals surface area contributed by atoms with Crippen molar-refractivity contribution < 1.29 is 19.4 Å². The highest BCUT2D eigenvalue weighted by molar-refractivity contribution is 7.11. The van der Waals surface area contributed by atoms with Gasteiger partial charge in [0.25, 0.3) is 0 Å². The molecule has 1 N–H and O–H groups in total. The zero-order valence-corrected chi connectivity index (χ0v) is 15.4. The van der Waals surface area contributed by atoms with E-state index in [9.17, 15) is 9.90 Å². The lowest BCUT2D eigenvalue weighted by Crippen LogP contribution is -2.36. The van der Waals surface area contributed by atoms with Crippen molar-refractivity contribution in [3.05, 3.63) is 39.3 Å². The summed E-state index contributed by atoms with van der Waals surface area (Å²) in [6.45, 7) is 3.49. The molecule has 0 spiro atoms. The summed E-state index contributed by atoms with van der Waals surface area (Å²) in [5.41, 5.74) is 2.13. The number of rotatable bonds is 6. The van der Waals surface area contributed by atoms with Crippen molar-refractivity contribution in [1.29, 1.82) is 0 Å². The van der Waals surface area contributed by atoms with Crippen molar-refractivity contribution in [2.75, 3.05) is 20.8 Å². The monoisotopic (exact) mass is 362 g/mol. The van der Waals surface area contributed by atoms with Gasteiger partial charge in [0.1, 0.15) is 0 Å². The molecule has 0 radical (unpaired) electrons. The second kappa shape index (κ2) is 7.41. The highest BCUT2D eigenvalue weighted by Gasteiger charge is 2.31. The van der Waals surface area contributed by atoms with Crippen molar-refractivity contribution in [2.45, 2.75) is 32.4 Å². The Bertz CT molecular complexity index is 774. The van der Waals surface area contributed by atoms with Crippen LogP contribution in [0.25, 0.3) is 0 Å². The van der Waals surface area contributed by atoms with Gasteiger partial charge in [0.05, 0.1) is 25.6 Å². The molecule has 1 aromatic heterocycles. The summed E-state index contributed by atoms with van der Waals surface area (Å²) < 4.78 is 10.8. The van der Waals surface area contributed by atoms with E-state index in [4.69, 9.17) is 9.47 Å². The van der Waals surface area contributed by atoms with E-state index in [1.165, 1.54) is 0 Å². The topological polar surface area (TPSA) is 71.9 Å². The van der Waals surface area contributed by atoms with Crippen LogP contribution < -0.4 is 9.47 Å². The van der Waals surface area contributed by atoms with Crippen LogP contribution in [0.4, 0.5) is 0 Å². The molecule has 0 fully saturated rings. The second-order valence-electron chi connectivity index (χ2n) is 6.09. The summed E-state index contributed by atoms with van der Waals surface area (Å²) in [5, 5.41) is 10.4. The van der Waals surface area contributed by atoms with Gasteiger partial charge in [0, 0.05) is 30.2 Å². The van der Waals surface area contributed by atoms with Crippen molar-refractivity contribution in [3.63, 3.8) is 0 Å². The molecule has 7 heteroatoms. The van der Waals surface area contributed by atoms with Crippen LogP contribution in [0.1, 0.15) is 33.5 Å². The average Bonchev–Trinajstić information content (AvgIpc) is 3.00. The fourth-order valence-corrected chi connectivity index (χ4v) is 4.17. The summed E-state index contributed by atoms with van der Waals surface area (Å²) in [7, 11) is 3.21. The summed E-state index contributed by atoms with van der Waals surface area (Å²) in [6.07, 6.45) is 2.78. The molecule has 1 atom stereocenters. The summed E-state index contributed by atoms with van der Waals surface area (Å²) in [4.78, 5) is 19.1. The predicted octanol–water partition coefficient (Wildman–Crippen LogP) is 3.04. The smallest absolute Gasteiger partial charge is 0.305 e. The molecule has 0 amide bonds. The molecule has 0 aliphatic carbocycles. The molecular weight excluding hydrogens is 340 g/mol. The number of hydrogen-bond acceptors (Lipinski definition) is 6. The molecule has 6 nitrogen and oxygen atoms in total. The van der Waals surface area contributed by atoms with Crippen molar-refractivity contribution in [3.8, 4) is 11.5 Å². The Balaban J connectivity index is 1.96. The van der Waals surface area contributed by atoms with Crippen LogP contribution in [0.2, 0.25) is 0 Å². The first-order chi connectivity index (χ1) is 12.0. The Morgan fingerprint density at radius 1 is 1.36 bits per heavy atom. The second-order valence-corrected chi connectivity index (χ2v) is 7.41. The SMILES string of the molecule is COc1cc2c(cc1OC)C(CC(=O)O)N(Cc1cnc(C)s1)CC2. The number of benzene rings is 1. The molecule has 25 heavy (non-hydrogen) atoms. The lowest BCUT2D eigenvalue weighted by Gasteiger charge is -2.36. The van der Waals surface area contributed by atoms with Crippen LogP contribution in [-0.4, -0.2) is 41.7 Å². The Morgan fingerprint density at radius 3 is 2.68 bits per heavy atom. The molecular formula is C18H22N2O4S. The van der Waals surface area contributed by atoms with Crippen molar-refractivity contribution in [1.82, 2.24) is 9.88 Å². The van der Waals surface area contributed by atoms with E-state index < -0.39 is 5.97 Å². The predicted molar refractivity (Wildman–Crippen MR) is 95.5 cm³/mol. The van der Waals surface area contributed by atoms with Crippen molar-refractivity contribution in [2.24, 2.45) is 0 Å². The fraction of sp³-hybridized carbons (Fsp3) is 0.444. The molecule has 2 aromatic rings. The number of carbonyl (C=O) groups is 1. The Morgan fingerprint density at radius 2 is 2.08 bits per heavy atom. The maximum atomic E-state index is 11.5. The molecule has 1 aliphatic rings. The Kier molecular flexibility index (Phi) is 5.24. The number of thiazole rings is 1. The number of aryl methyl sites for hydroxylation is 1. The van der Waals surface area contributed by atoms with Gasteiger partial charge in [-0.1, -0.05) is 0 Å². The summed E-state index contributed by atoms with van der Waals surface area (Å²) >= 11 is 1.65. The minimum absolute atomic E-state index is 0.0558. The van der Waals surface area contributed by atoms with Gasteiger partial charge < -0.3 is 14.6 Å². The molecule has 0 saturated heterocycles. The zero-order valence-electron chi connectivity index (χ0n) is 14.6. The van der Waals surface area contributed by atoms with Gasteiger partial charge in [0.2, 0.25) is 0 Å². The standard InChI is InChI=1S/C18H22N2O4S/c1-11-19-9-13(25-11)10-20-5-4-12-6-16(23-2)17(24-3)7-14(12)15(20)8-18(21)22/h6-7,9,15H,4-5,8,10H2,1-3H3,(H,21,22). The van der Waals surface area contributed by atoms with Crippen LogP contribution in [-0.2, 0) is 17.8 Å².